The van der Waals surface area contributed by atoms with Crippen molar-refractivity contribution >= 4 is 57.7 Å². The largest absolute Gasteiger partial charge is 0.490 e. The van der Waals surface area contributed by atoms with Gasteiger partial charge in [0, 0.05) is 32.1 Å². The third-order valence-corrected chi connectivity index (χ3v) is 6.84. The van der Waals surface area contributed by atoms with E-state index in [0.29, 0.717) is 18.4 Å². The van der Waals surface area contributed by atoms with Gasteiger partial charge in [-0.3, -0.25) is 4.79 Å². The van der Waals surface area contributed by atoms with Crippen LogP contribution in [-0.2, 0) is 4.79 Å². The molecule has 4 rings (SSSR count). The number of nitrogens with one attached hydrogen (secondary N) is 2. The molecule has 0 aliphatic heterocycles. The molecule has 1 aromatic heterocycles. The number of carbonyl (C=O) groups is 2. The van der Waals surface area contributed by atoms with E-state index < -0.39 is 23.9 Å². The molecule has 1 fully saturated rings. The standard InChI is InChI=1S/C24H26Cl2FN5O.C2HF3O2/c1-32(2)22-16-5-3-4-6-21(16)30-24(31-22)29-15-9-7-14(8-10-15)13-28-23(33)17-11-20(27)19(26)12-18(17)25;3-2(4,5)1(6)7/h3-6,11-12,14-15H,7-10,13H2,1-2H3,(H,28,33)(H,29,30,31);(H,6,7). The zero-order valence-electron chi connectivity index (χ0n) is 21.5. The predicted molar refractivity (Wildman–Crippen MR) is 146 cm³/mol. The molecule has 0 spiro atoms. The minimum absolute atomic E-state index is 0.0964. The molecule has 40 heavy (non-hydrogen) atoms. The Morgan fingerprint density at radius 3 is 2.27 bits per heavy atom. The quantitative estimate of drug-likeness (QED) is 0.228. The third kappa shape index (κ3) is 8.31. The first-order chi connectivity index (χ1) is 18.8. The molecular formula is C26H27Cl2F4N5O3. The minimum atomic E-state index is -5.08. The van der Waals surface area contributed by atoms with Gasteiger partial charge >= 0.3 is 12.1 Å². The van der Waals surface area contributed by atoms with Crippen LogP contribution in [0.3, 0.4) is 0 Å². The molecule has 3 aromatic rings. The van der Waals surface area contributed by atoms with E-state index in [1.165, 1.54) is 6.07 Å². The van der Waals surface area contributed by atoms with Crippen LogP contribution in [0.5, 0.6) is 0 Å². The van der Waals surface area contributed by atoms with Gasteiger partial charge in [0.25, 0.3) is 5.91 Å². The predicted octanol–water partition coefficient (Wildman–Crippen LogP) is 6.18. The number of carboxylic acids is 1. The molecule has 0 unspecified atom stereocenters. The number of benzene rings is 2. The van der Waals surface area contributed by atoms with E-state index in [4.69, 9.17) is 38.1 Å². The summed E-state index contributed by atoms with van der Waals surface area (Å²) in [5, 5.41) is 14.6. The smallest absolute Gasteiger partial charge is 0.475 e. The van der Waals surface area contributed by atoms with Gasteiger partial charge in [-0.25, -0.2) is 14.2 Å². The number of para-hydroxylation sites is 1. The van der Waals surface area contributed by atoms with E-state index in [1.54, 1.807) is 0 Å². The van der Waals surface area contributed by atoms with E-state index in [0.717, 1.165) is 48.5 Å². The molecule has 0 saturated heterocycles. The first-order valence-corrected chi connectivity index (χ1v) is 12.9. The molecule has 14 heteroatoms. The molecule has 216 valence electrons. The number of anilines is 2. The van der Waals surface area contributed by atoms with Crippen LogP contribution < -0.4 is 15.5 Å². The van der Waals surface area contributed by atoms with Crippen molar-refractivity contribution in [3.8, 4) is 0 Å². The van der Waals surface area contributed by atoms with Crippen molar-refractivity contribution in [1.82, 2.24) is 15.3 Å². The van der Waals surface area contributed by atoms with E-state index in [-0.39, 0.29) is 21.7 Å². The maximum atomic E-state index is 13.7. The van der Waals surface area contributed by atoms with Crippen LogP contribution in [0.15, 0.2) is 36.4 Å². The Labute approximate surface area is 237 Å². The number of hydrogen-bond donors (Lipinski definition) is 3. The lowest BCUT2D eigenvalue weighted by atomic mass is 9.86. The summed E-state index contributed by atoms with van der Waals surface area (Å²) in [6.07, 6.45) is -1.28. The topological polar surface area (TPSA) is 107 Å². The van der Waals surface area contributed by atoms with E-state index >= 15 is 0 Å². The van der Waals surface area contributed by atoms with Gasteiger partial charge in [-0.2, -0.15) is 18.2 Å². The average molecular weight is 604 g/mol. The molecule has 0 radical (unpaired) electrons. The number of nitrogens with zero attached hydrogens (tertiary/aromatic N) is 3. The summed E-state index contributed by atoms with van der Waals surface area (Å²) in [5.74, 6) is -1.95. The second kappa shape index (κ2) is 13.3. The maximum absolute atomic E-state index is 13.7. The monoisotopic (exact) mass is 603 g/mol. The van der Waals surface area contributed by atoms with Crippen LogP contribution in [-0.4, -0.2) is 59.8 Å². The van der Waals surface area contributed by atoms with Crippen LogP contribution >= 0.6 is 23.2 Å². The number of halogens is 6. The second-order valence-electron chi connectivity index (χ2n) is 9.40. The molecule has 1 heterocycles. The van der Waals surface area contributed by atoms with Gasteiger partial charge in [0.15, 0.2) is 0 Å². The Morgan fingerprint density at radius 2 is 1.68 bits per heavy atom. The molecule has 1 aliphatic rings. The Morgan fingerprint density at radius 1 is 1.05 bits per heavy atom. The number of aromatic nitrogens is 2. The zero-order chi connectivity index (χ0) is 29.6. The summed E-state index contributed by atoms with van der Waals surface area (Å²) in [6, 6.07) is 10.6. The lowest BCUT2D eigenvalue weighted by Crippen LogP contribution is -2.34. The maximum Gasteiger partial charge on any atom is 0.490 e. The van der Waals surface area contributed by atoms with Gasteiger partial charge in [-0.15, -0.1) is 0 Å². The van der Waals surface area contributed by atoms with Gasteiger partial charge in [0.1, 0.15) is 11.6 Å². The number of hydrogen-bond acceptors (Lipinski definition) is 6. The molecule has 0 atom stereocenters. The van der Waals surface area contributed by atoms with Crippen molar-refractivity contribution in [2.75, 3.05) is 30.9 Å². The second-order valence-corrected chi connectivity index (χ2v) is 10.2. The number of carboxylic acid groups (broad SMARTS) is 1. The first kappa shape index (κ1) is 31.2. The van der Waals surface area contributed by atoms with Crippen LogP contribution in [0, 0.1) is 11.7 Å². The lowest BCUT2D eigenvalue weighted by Gasteiger charge is -2.29. The van der Waals surface area contributed by atoms with E-state index in [9.17, 15) is 22.4 Å². The fraction of sp³-hybridized carbons (Fsp3) is 0.385. The van der Waals surface area contributed by atoms with E-state index in [1.807, 2.05) is 43.3 Å². The molecule has 1 amide bonds. The number of amides is 1. The van der Waals surface area contributed by atoms with Crippen LogP contribution in [0.1, 0.15) is 36.0 Å². The molecule has 0 bridgehead atoms. The highest BCUT2D eigenvalue weighted by molar-refractivity contribution is 6.36. The van der Waals surface area contributed by atoms with Gasteiger partial charge in [0.05, 0.1) is 21.1 Å². The van der Waals surface area contributed by atoms with Crippen molar-refractivity contribution < 1.29 is 32.3 Å². The fourth-order valence-corrected chi connectivity index (χ4v) is 4.66. The van der Waals surface area contributed by atoms with Crippen molar-refractivity contribution in [2.45, 2.75) is 37.9 Å². The van der Waals surface area contributed by atoms with Crippen molar-refractivity contribution in [2.24, 2.45) is 5.92 Å². The summed E-state index contributed by atoms with van der Waals surface area (Å²) < 4.78 is 45.4. The number of alkyl halides is 3. The third-order valence-electron chi connectivity index (χ3n) is 6.24. The van der Waals surface area contributed by atoms with Gasteiger partial charge < -0.3 is 20.6 Å². The Bertz CT molecular complexity index is 1370. The van der Waals surface area contributed by atoms with Crippen LogP contribution in [0.2, 0.25) is 10.0 Å². The molecule has 3 N–H and O–H groups in total. The van der Waals surface area contributed by atoms with Crippen molar-refractivity contribution in [3.05, 3.63) is 57.8 Å². The molecule has 2 aromatic carbocycles. The summed E-state index contributed by atoms with van der Waals surface area (Å²) in [7, 11) is 3.95. The van der Waals surface area contributed by atoms with Gasteiger partial charge in [0.2, 0.25) is 5.95 Å². The molecule has 1 saturated carbocycles. The number of fused-ring (bicyclic) bond motifs is 1. The Kier molecular flexibility index (Phi) is 10.4. The minimum Gasteiger partial charge on any atom is -0.475 e. The zero-order valence-corrected chi connectivity index (χ0v) is 23.0. The molecule has 8 nitrogen and oxygen atoms in total. The highest BCUT2D eigenvalue weighted by Crippen LogP contribution is 2.29. The van der Waals surface area contributed by atoms with Crippen molar-refractivity contribution in [1.29, 1.82) is 0 Å². The SMILES string of the molecule is CN(C)c1nc(NC2CCC(CNC(=O)c3cc(F)c(Cl)cc3Cl)CC2)nc2ccccc12.O=C(O)C(F)(F)F. The summed E-state index contributed by atoms with van der Waals surface area (Å²) in [6.45, 7) is 0.517. The van der Waals surface area contributed by atoms with Gasteiger partial charge in [-0.05, 0) is 55.9 Å². The average Bonchev–Trinajstić information content (AvgIpc) is 2.89. The number of rotatable bonds is 6. The molecular weight excluding hydrogens is 577 g/mol. The first-order valence-electron chi connectivity index (χ1n) is 12.2. The van der Waals surface area contributed by atoms with Gasteiger partial charge in [-0.1, -0.05) is 35.3 Å². The highest BCUT2D eigenvalue weighted by Gasteiger charge is 2.38. The summed E-state index contributed by atoms with van der Waals surface area (Å²) in [5.41, 5.74) is 1.01. The summed E-state index contributed by atoms with van der Waals surface area (Å²) in [4.78, 5) is 32.7. The normalized spacial score (nSPS) is 17.0. The van der Waals surface area contributed by atoms with Crippen LogP contribution in [0.4, 0.5) is 29.3 Å². The Hall–Kier alpha value is -3.38. The summed E-state index contributed by atoms with van der Waals surface area (Å²) >= 11 is 11.8. The van der Waals surface area contributed by atoms with E-state index in [2.05, 4.69) is 15.6 Å². The van der Waals surface area contributed by atoms with Crippen LogP contribution in [0.25, 0.3) is 10.9 Å². The number of carbonyl (C=O) groups excluding carboxylic acids is 1. The Balaban J connectivity index is 0.000000559. The number of aliphatic carboxylic acids is 1. The fourth-order valence-electron chi connectivity index (χ4n) is 4.19. The van der Waals surface area contributed by atoms with Crippen molar-refractivity contribution in [3.63, 3.8) is 0 Å². The molecule has 1 aliphatic carbocycles. The lowest BCUT2D eigenvalue weighted by molar-refractivity contribution is -0.192. The highest BCUT2D eigenvalue weighted by atomic mass is 35.5.